The zero-order chi connectivity index (χ0) is 15.7. The molecule has 1 aromatic carbocycles. The molecule has 1 atom stereocenters. The monoisotopic (exact) mass is 288 g/mol. The first kappa shape index (κ1) is 16.4. The van der Waals surface area contributed by atoms with Gasteiger partial charge in [0, 0.05) is 0 Å². The van der Waals surface area contributed by atoms with Crippen molar-refractivity contribution in [2.24, 2.45) is 5.92 Å². The van der Waals surface area contributed by atoms with E-state index in [9.17, 15) is 14.4 Å². The predicted molar refractivity (Wildman–Crippen MR) is 76.3 cm³/mol. The third-order valence-corrected chi connectivity index (χ3v) is 2.37. The third kappa shape index (κ3) is 6.33. The van der Waals surface area contributed by atoms with Crippen LogP contribution in [0.1, 0.15) is 13.3 Å². The molecule has 0 aliphatic rings. The lowest BCUT2D eigenvalue weighted by atomic mass is 10.1. The average Bonchev–Trinajstić information content (AvgIpc) is 2.43. The van der Waals surface area contributed by atoms with Crippen LogP contribution in [0.4, 0.5) is 0 Å². The Balaban J connectivity index is 2.54. The molecule has 0 bridgehead atoms. The Morgan fingerprint density at radius 2 is 1.90 bits per heavy atom. The van der Waals surface area contributed by atoms with Crippen LogP contribution in [0.5, 0.6) is 5.75 Å². The molecule has 0 fully saturated rings. The van der Waals surface area contributed by atoms with Gasteiger partial charge >= 0.3 is 11.9 Å². The number of ketones is 1. The van der Waals surface area contributed by atoms with Crippen LogP contribution in [-0.4, -0.2) is 17.7 Å². The van der Waals surface area contributed by atoms with E-state index in [1.807, 2.05) is 0 Å². The lowest BCUT2D eigenvalue weighted by Crippen LogP contribution is -2.17. The van der Waals surface area contributed by atoms with Crippen molar-refractivity contribution in [1.82, 2.24) is 0 Å². The number of hydrogen-bond acceptors (Lipinski definition) is 5. The summed E-state index contributed by atoms with van der Waals surface area (Å²) >= 11 is 0. The number of Topliss-reactive ketones (excluding diaryl/α,β-unsaturated/α-hetero) is 1. The fourth-order valence-electron chi connectivity index (χ4n) is 1.37. The van der Waals surface area contributed by atoms with Crippen LogP contribution in [0.2, 0.25) is 0 Å². The smallest absolute Gasteiger partial charge is 0.322 e. The van der Waals surface area contributed by atoms with Gasteiger partial charge in [-0.3, -0.25) is 14.4 Å². The molecule has 1 aromatic rings. The number of hydrogen-bond donors (Lipinski definition) is 0. The molecule has 5 heteroatoms. The van der Waals surface area contributed by atoms with Crippen LogP contribution in [0.25, 0.3) is 0 Å². The van der Waals surface area contributed by atoms with Crippen molar-refractivity contribution in [3.05, 3.63) is 55.3 Å². The molecular formula is C16H16O5. The van der Waals surface area contributed by atoms with Gasteiger partial charge in [0.15, 0.2) is 0 Å². The number of esters is 2. The van der Waals surface area contributed by atoms with Gasteiger partial charge in [0.2, 0.25) is 0 Å². The predicted octanol–water partition coefficient (Wildman–Crippen LogP) is 2.43. The molecule has 0 saturated carbocycles. The second-order valence-electron chi connectivity index (χ2n) is 4.19. The summed E-state index contributed by atoms with van der Waals surface area (Å²) in [4.78, 5) is 33.7. The standard InChI is InChI=1S/C16H16O5/c1-3-13(9-10-20-15(18)11-12(2)17)16(19)21-14-7-5-4-6-8-14/h3-10,13H,1,11H2,2H3. The second-order valence-corrected chi connectivity index (χ2v) is 4.19. The van der Waals surface area contributed by atoms with Crippen molar-refractivity contribution >= 4 is 17.7 Å². The Morgan fingerprint density at radius 1 is 1.24 bits per heavy atom. The van der Waals surface area contributed by atoms with Crippen LogP contribution in [-0.2, 0) is 19.1 Å². The van der Waals surface area contributed by atoms with Crippen molar-refractivity contribution in [3.8, 4) is 5.75 Å². The number of rotatable bonds is 7. The fourth-order valence-corrected chi connectivity index (χ4v) is 1.37. The molecule has 0 aliphatic carbocycles. The van der Waals surface area contributed by atoms with E-state index < -0.39 is 17.9 Å². The number of carbonyl (C=O) groups is 3. The van der Waals surface area contributed by atoms with Crippen LogP contribution in [0.3, 0.4) is 0 Å². The second kappa shape index (κ2) is 8.47. The summed E-state index contributed by atoms with van der Waals surface area (Å²) in [6.07, 6.45) is 3.44. The van der Waals surface area contributed by atoms with Gasteiger partial charge in [0.1, 0.15) is 18.0 Å². The molecule has 1 unspecified atom stereocenters. The maximum Gasteiger partial charge on any atom is 0.322 e. The first-order valence-electron chi connectivity index (χ1n) is 6.28. The van der Waals surface area contributed by atoms with E-state index in [-0.39, 0.29) is 12.2 Å². The Morgan fingerprint density at radius 3 is 2.48 bits per heavy atom. The molecule has 0 heterocycles. The summed E-state index contributed by atoms with van der Waals surface area (Å²) in [5, 5.41) is 0. The molecule has 0 aromatic heterocycles. The van der Waals surface area contributed by atoms with Gasteiger partial charge in [-0.2, -0.15) is 0 Å². The molecule has 0 amide bonds. The van der Waals surface area contributed by atoms with Gasteiger partial charge in [-0.1, -0.05) is 24.3 Å². The quantitative estimate of drug-likeness (QED) is 0.253. The van der Waals surface area contributed by atoms with Gasteiger partial charge in [-0.25, -0.2) is 0 Å². The van der Waals surface area contributed by atoms with Gasteiger partial charge in [0.25, 0.3) is 0 Å². The minimum Gasteiger partial charge on any atom is -0.434 e. The van der Waals surface area contributed by atoms with E-state index in [1.54, 1.807) is 30.3 Å². The molecule has 1 rings (SSSR count). The number of para-hydroxylation sites is 1. The van der Waals surface area contributed by atoms with Gasteiger partial charge in [-0.15, -0.1) is 6.58 Å². The highest BCUT2D eigenvalue weighted by Crippen LogP contribution is 2.12. The van der Waals surface area contributed by atoms with Crippen molar-refractivity contribution in [3.63, 3.8) is 0 Å². The van der Waals surface area contributed by atoms with Crippen LogP contribution >= 0.6 is 0 Å². The maximum absolute atomic E-state index is 11.9. The van der Waals surface area contributed by atoms with E-state index >= 15 is 0 Å². The molecule has 5 nitrogen and oxygen atoms in total. The Kier molecular flexibility index (Phi) is 6.60. The molecule has 110 valence electrons. The zero-order valence-corrected chi connectivity index (χ0v) is 11.7. The number of carbonyl (C=O) groups excluding carboxylic acids is 3. The zero-order valence-electron chi connectivity index (χ0n) is 11.7. The summed E-state index contributed by atoms with van der Waals surface area (Å²) in [5.41, 5.74) is 0. The molecular weight excluding hydrogens is 272 g/mol. The number of benzene rings is 1. The van der Waals surface area contributed by atoms with E-state index in [4.69, 9.17) is 4.74 Å². The lowest BCUT2D eigenvalue weighted by Gasteiger charge is -2.07. The summed E-state index contributed by atoms with van der Waals surface area (Å²) < 4.78 is 9.82. The van der Waals surface area contributed by atoms with Crippen LogP contribution in [0, 0.1) is 5.92 Å². The normalized spacial score (nSPS) is 11.7. The van der Waals surface area contributed by atoms with E-state index in [0.29, 0.717) is 5.75 Å². The summed E-state index contributed by atoms with van der Waals surface area (Å²) in [6, 6.07) is 8.58. The van der Waals surface area contributed by atoms with Gasteiger partial charge in [0.05, 0.1) is 12.2 Å². The van der Waals surface area contributed by atoms with Crippen molar-refractivity contribution in [1.29, 1.82) is 0 Å². The summed E-state index contributed by atoms with van der Waals surface area (Å²) in [5.74, 6) is -1.86. The Hall–Kier alpha value is -2.69. The van der Waals surface area contributed by atoms with Gasteiger partial charge in [-0.05, 0) is 25.1 Å². The van der Waals surface area contributed by atoms with E-state index in [2.05, 4.69) is 11.3 Å². The van der Waals surface area contributed by atoms with E-state index in [0.717, 1.165) is 6.26 Å². The highest BCUT2D eigenvalue weighted by molar-refractivity contribution is 5.94. The first-order valence-corrected chi connectivity index (χ1v) is 6.28. The first-order chi connectivity index (χ1) is 10.0. The maximum atomic E-state index is 11.9. The topological polar surface area (TPSA) is 69.7 Å². The minimum absolute atomic E-state index is 0.294. The molecule has 0 radical (unpaired) electrons. The molecule has 0 spiro atoms. The molecule has 0 aliphatic heterocycles. The fraction of sp³-hybridized carbons (Fsp3) is 0.188. The van der Waals surface area contributed by atoms with Gasteiger partial charge < -0.3 is 9.47 Å². The highest BCUT2D eigenvalue weighted by Gasteiger charge is 2.14. The molecule has 0 saturated heterocycles. The van der Waals surface area contributed by atoms with Crippen molar-refractivity contribution < 1.29 is 23.9 Å². The highest BCUT2D eigenvalue weighted by atomic mass is 16.5. The summed E-state index contributed by atoms with van der Waals surface area (Å²) in [7, 11) is 0. The van der Waals surface area contributed by atoms with Crippen molar-refractivity contribution in [2.75, 3.05) is 0 Å². The average molecular weight is 288 g/mol. The van der Waals surface area contributed by atoms with Crippen LogP contribution in [0.15, 0.2) is 55.3 Å². The Labute approximate surface area is 122 Å². The SMILES string of the molecule is C=CC(C=COC(=O)CC(C)=O)C(=O)Oc1ccccc1. The largest absolute Gasteiger partial charge is 0.434 e. The number of ether oxygens (including phenoxy) is 2. The Bertz CT molecular complexity index is 545. The van der Waals surface area contributed by atoms with Crippen LogP contribution < -0.4 is 4.74 Å². The van der Waals surface area contributed by atoms with Crippen molar-refractivity contribution in [2.45, 2.75) is 13.3 Å². The molecule has 21 heavy (non-hydrogen) atoms. The summed E-state index contributed by atoms with van der Waals surface area (Å²) in [6.45, 7) is 4.81. The third-order valence-electron chi connectivity index (χ3n) is 2.37. The minimum atomic E-state index is -0.754. The van der Waals surface area contributed by atoms with E-state index in [1.165, 1.54) is 19.1 Å². The molecule has 0 N–H and O–H groups in total. The lowest BCUT2D eigenvalue weighted by molar-refractivity contribution is -0.141.